The van der Waals surface area contributed by atoms with Gasteiger partial charge in [-0.3, -0.25) is 4.79 Å². The highest BCUT2D eigenvalue weighted by molar-refractivity contribution is 8.00. The van der Waals surface area contributed by atoms with Crippen molar-refractivity contribution in [2.24, 2.45) is 0 Å². The first-order valence-electron chi connectivity index (χ1n) is 6.93. The fourth-order valence-corrected chi connectivity index (χ4v) is 2.56. The molecule has 22 heavy (non-hydrogen) atoms. The molecule has 0 fully saturated rings. The molecule has 0 aliphatic rings. The number of anilines is 1. The number of nitrogens with one attached hydrogen (secondary N) is 1. The minimum absolute atomic E-state index is 0.211. The SMILES string of the molecule is CCCc1nnc(SC(C)C(=O)Nc2ccc(F)cc2)n1N. The van der Waals surface area contributed by atoms with Crippen molar-refractivity contribution in [2.45, 2.75) is 37.1 Å². The molecule has 2 aromatic rings. The third-order valence-corrected chi connectivity index (χ3v) is 4.03. The summed E-state index contributed by atoms with van der Waals surface area (Å²) in [5.41, 5.74) is 0.541. The van der Waals surface area contributed by atoms with Gasteiger partial charge < -0.3 is 11.2 Å². The highest BCUT2D eigenvalue weighted by atomic mass is 32.2. The molecule has 0 saturated heterocycles. The number of aryl methyl sites for hydroxylation is 1. The first kappa shape index (κ1) is 16.3. The molecule has 3 N–H and O–H groups in total. The molecule has 1 unspecified atom stereocenters. The van der Waals surface area contributed by atoms with Crippen LogP contribution in [0.2, 0.25) is 0 Å². The van der Waals surface area contributed by atoms with E-state index in [-0.39, 0.29) is 11.7 Å². The molecule has 0 saturated carbocycles. The van der Waals surface area contributed by atoms with Crippen molar-refractivity contribution >= 4 is 23.4 Å². The van der Waals surface area contributed by atoms with Crippen molar-refractivity contribution < 1.29 is 9.18 Å². The van der Waals surface area contributed by atoms with Gasteiger partial charge in [0.2, 0.25) is 11.1 Å². The number of rotatable bonds is 6. The topological polar surface area (TPSA) is 85.8 Å². The lowest BCUT2D eigenvalue weighted by molar-refractivity contribution is -0.115. The molecule has 6 nitrogen and oxygen atoms in total. The second kappa shape index (κ2) is 7.26. The Morgan fingerprint density at radius 2 is 2.09 bits per heavy atom. The summed E-state index contributed by atoms with van der Waals surface area (Å²) in [6, 6.07) is 5.60. The van der Waals surface area contributed by atoms with Crippen LogP contribution >= 0.6 is 11.8 Å². The minimum Gasteiger partial charge on any atom is -0.336 e. The van der Waals surface area contributed by atoms with Crippen molar-refractivity contribution in [1.82, 2.24) is 14.9 Å². The van der Waals surface area contributed by atoms with Crippen LogP contribution in [-0.2, 0) is 11.2 Å². The summed E-state index contributed by atoms with van der Waals surface area (Å²) in [6.07, 6.45) is 1.65. The van der Waals surface area contributed by atoms with Crippen molar-refractivity contribution in [3.8, 4) is 0 Å². The number of amides is 1. The molecular formula is C14H18FN5OS. The predicted octanol–water partition coefficient (Wildman–Crippen LogP) is 2.20. The van der Waals surface area contributed by atoms with Crippen LogP contribution in [0, 0.1) is 5.82 Å². The average molecular weight is 323 g/mol. The standard InChI is InChI=1S/C14H18FN5OS/c1-3-4-12-18-19-14(20(12)16)22-9(2)13(21)17-11-7-5-10(15)6-8-11/h5-9H,3-4,16H2,1-2H3,(H,17,21). The quantitative estimate of drug-likeness (QED) is 0.629. The lowest BCUT2D eigenvalue weighted by Crippen LogP contribution is -2.23. The van der Waals surface area contributed by atoms with Gasteiger partial charge in [0.05, 0.1) is 5.25 Å². The lowest BCUT2D eigenvalue weighted by atomic mass is 10.3. The highest BCUT2D eigenvalue weighted by Gasteiger charge is 2.19. The Morgan fingerprint density at radius 3 is 2.73 bits per heavy atom. The van der Waals surface area contributed by atoms with E-state index in [9.17, 15) is 9.18 Å². The van der Waals surface area contributed by atoms with Crippen molar-refractivity contribution in [3.63, 3.8) is 0 Å². The predicted molar refractivity (Wildman–Crippen MR) is 84.5 cm³/mol. The van der Waals surface area contributed by atoms with Crippen molar-refractivity contribution in [1.29, 1.82) is 0 Å². The minimum atomic E-state index is -0.411. The zero-order chi connectivity index (χ0) is 16.1. The lowest BCUT2D eigenvalue weighted by Gasteiger charge is -2.11. The van der Waals surface area contributed by atoms with Crippen LogP contribution in [0.4, 0.5) is 10.1 Å². The molecule has 0 bridgehead atoms. The smallest absolute Gasteiger partial charge is 0.237 e. The summed E-state index contributed by atoms with van der Waals surface area (Å²) in [7, 11) is 0. The number of aromatic nitrogens is 3. The van der Waals surface area contributed by atoms with Crippen LogP contribution in [0.1, 0.15) is 26.1 Å². The number of thioether (sulfide) groups is 1. The molecule has 1 heterocycles. The Labute approximate surface area is 132 Å². The molecule has 1 aromatic carbocycles. The molecule has 1 atom stereocenters. The largest absolute Gasteiger partial charge is 0.336 e. The second-order valence-corrected chi connectivity index (χ2v) is 6.08. The molecule has 2 rings (SSSR count). The molecule has 0 spiro atoms. The third-order valence-electron chi connectivity index (χ3n) is 2.97. The summed E-state index contributed by atoms with van der Waals surface area (Å²) < 4.78 is 14.2. The Morgan fingerprint density at radius 1 is 1.41 bits per heavy atom. The van der Waals surface area contributed by atoms with Gasteiger partial charge in [0.15, 0.2) is 5.82 Å². The number of halogens is 1. The highest BCUT2D eigenvalue weighted by Crippen LogP contribution is 2.22. The monoisotopic (exact) mass is 323 g/mol. The van der Waals surface area contributed by atoms with Crippen LogP contribution < -0.4 is 11.2 Å². The number of carbonyl (C=O) groups excluding carboxylic acids is 1. The van der Waals surface area contributed by atoms with Gasteiger partial charge in [0.25, 0.3) is 0 Å². The second-order valence-electron chi connectivity index (χ2n) is 4.78. The van der Waals surface area contributed by atoms with Crippen LogP contribution in [0.5, 0.6) is 0 Å². The Hall–Kier alpha value is -2.09. The molecule has 0 radical (unpaired) electrons. The van der Waals surface area contributed by atoms with Crippen LogP contribution in [0.15, 0.2) is 29.4 Å². The van der Waals surface area contributed by atoms with Gasteiger partial charge in [-0.25, -0.2) is 9.07 Å². The van der Waals surface area contributed by atoms with Gasteiger partial charge in [-0.15, -0.1) is 10.2 Å². The molecule has 0 aliphatic heterocycles. The normalized spacial score (nSPS) is 12.1. The zero-order valence-electron chi connectivity index (χ0n) is 12.4. The van der Waals surface area contributed by atoms with Gasteiger partial charge in [0.1, 0.15) is 5.82 Å². The number of benzene rings is 1. The fraction of sp³-hybridized carbons (Fsp3) is 0.357. The Bertz CT molecular complexity index is 643. The molecule has 0 aliphatic carbocycles. The van der Waals surface area contributed by atoms with E-state index in [1.54, 1.807) is 6.92 Å². The summed E-state index contributed by atoms with van der Waals surface area (Å²) in [5.74, 6) is 6.04. The molecular weight excluding hydrogens is 305 g/mol. The third kappa shape index (κ3) is 3.97. The Balaban J connectivity index is 1.97. The van der Waals surface area contributed by atoms with Gasteiger partial charge >= 0.3 is 0 Å². The van der Waals surface area contributed by atoms with E-state index >= 15 is 0 Å². The molecule has 1 amide bonds. The number of hydrogen-bond acceptors (Lipinski definition) is 5. The molecule has 118 valence electrons. The maximum Gasteiger partial charge on any atom is 0.237 e. The van der Waals surface area contributed by atoms with Gasteiger partial charge in [-0.05, 0) is 37.6 Å². The molecule has 8 heteroatoms. The van der Waals surface area contributed by atoms with Gasteiger partial charge in [-0.2, -0.15) is 0 Å². The molecule has 1 aromatic heterocycles. The van der Waals surface area contributed by atoms with Crippen molar-refractivity contribution in [2.75, 3.05) is 11.2 Å². The fourth-order valence-electron chi connectivity index (χ4n) is 1.77. The summed E-state index contributed by atoms with van der Waals surface area (Å²) in [6.45, 7) is 3.78. The van der Waals surface area contributed by atoms with E-state index in [4.69, 9.17) is 5.84 Å². The van der Waals surface area contributed by atoms with Crippen molar-refractivity contribution in [3.05, 3.63) is 35.9 Å². The van der Waals surface area contributed by atoms with Gasteiger partial charge in [0, 0.05) is 12.1 Å². The average Bonchev–Trinajstić information content (AvgIpc) is 2.83. The zero-order valence-corrected chi connectivity index (χ0v) is 13.2. The first-order valence-corrected chi connectivity index (χ1v) is 7.81. The van der Waals surface area contributed by atoms with Crippen LogP contribution in [0.25, 0.3) is 0 Å². The summed E-state index contributed by atoms with van der Waals surface area (Å²) in [5, 5.41) is 10.8. The van der Waals surface area contributed by atoms with E-state index in [0.29, 0.717) is 16.7 Å². The maximum atomic E-state index is 12.8. The number of nitrogens with two attached hydrogens (primary N) is 1. The number of hydrogen-bond donors (Lipinski definition) is 2. The Kier molecular flexibility index (Phi) is 5.37. The van der Waals surface area contributed by atoms with E-state index in [1.165, 1.54) is 40.7 Å². The summed E-state index contributed by atoms with van der Waals surface area (Å²) >= 11 is 1.23. The number of carbonyl (C=O) groups is 1. The van der Waals surface area contributed by atoms with Gasteiger partial charge in [-0.1, -0.05) is 18.7 Å². The van der Waals surface area contributed by atoms with Crippen LogP contribution in [-0.4, -0.2) is 26.0 Å². The maximum absolute atomic E-state index is 12.8. The van der Waals surface area contributed by atoms with E-state index < -0.39 is 5.25 Å². The number of nitrogen functional groups attached to an aromatic ring is 1. The summed E-state index contributed by atoms with van der Waals surface area (Å²) in [4.78, 5) is 12.1. The number of nitrogens with zero attached hydrogens (tertiary/aromatic N) is 3. The van der Waals surface area contributed by atoms with E-state index in [2.05, 4.69) is 15.5 Å². The van der Waals surface area contributed by atoms with Crippen LogP contribution in [0.3, 0.4) is 0 Å². The first-order chi connectivity index (χ1) is 10.5. The van der Waals surface area contributed by atoms with E-state index in [1.807, 2.05) is 6.92 Å². The van der Waals surface area contributed by atoms with E-state index in [0.717, 1.165) is 12.8 Å².